The summed E-state index contributed by atoms with van der Waals surface area (Å²) in [5.74, 6) is 0.662. The SMILES string of the molecule is CSCCC(NC(=O)N1CCSC(C)C1C)C(=O)O. The maximum Gasteiger partial charge on any atom is 0.326 e. The highest BCUT2D eigenvalue weighted by molar-refractivity contribution is 8.00. The highest BCUT2D eigenvalue weighted by atomic mass is 32.2. The first-order chi connectivity index (χ1) is 8.97. The first-order valence-electron chi connectivity index (χ1n) is 6.37. The van der Waals surface area contributed by atoms with Crippen molar-refractivity contribution >= 4 is 35.5 Å². The van der Waals surface area contributed by atoms with Gasteiger partial charge < -0.3 is 15.3 Å². The Labute approximate surface area is 122 Å². The maximum absolute atomic E-state index is 12.2. The van der Waals surface area contributed by atoms with Crippen molar-refractivity contribution in [2.45, 2.75) is 37.6 Å². The van der Waals surface area contributed by atoms with E-state index in [1.54, 1.807) is 16.7 Å². The van der Waals surface area contributed by atoms with Crippen molar-refractivity contribution in [2.75, 3.05) is 24.3 Å². The van der Waals surface area contributed by atoms with Crippen LogP contribution in [0.3, 0.4) is 0 Å². The van der Waals surface area contributed by atoms with Gasteiger partial charge in [-0.1, -0.05) is 6.92 Å². The molecule has 0 spiro atoms. The van der Waals surface area contributed by atoms with Gasteiger partial charge in [-0.25, -0.2) is 9.59 Å². The van der Waals surface area contributed by atoms with Gasteiger partial charge in [0.05, 0.1) is 0 Å². The second-order valence-electron chi connectivity index (χ2n) is 4.63. The number of carboxylic acids is 1. The van der Waals surface area contributed by atoms with E-state index in [-0.39, 0.29) is 12.1 Å². The van der Waals surface area contributed by atoms with E-state index in [1.165, 1.54) is 0 Å². The van der Waals surface area contributed by atoms with E-state index < -0.39 is 12.0 Å². The Morgan fingerprint density at radius 1 is 1.53 bits per heavy atom. The molecule has 110 valence electrons. The number of hydrogen-bond acceptors (Lipinski definition) is 4. The minimum atomic E-state index is -0.963. The van der Waals surface area contributed by atoms with Crippen LogP contribution in [-0.4, -0.2) is 63.6 Å². The molecule has 7 heteroatoms. The fourth-order valence-corrected chi connectivity index (χ4v) is 3.52. The lowest BCUT2D eigenvalue weighted by atomic mass is 10.2. The Bertz CT molecular complexity index is 328. The molecule has 1 aliphatic rings. The van der Waals surface area contributed by atoms with Crippen molar-refractivity contribution in [3.8, 4) is 0 Å². The zero-order valence-corrected chi connectivity index (χ0v) is 13.2. The van der Waals surface area contributed by atoms with E-state index in [9.17, 15) is 9.59 Å². The second-order valence-corrected chi connectivity index (χ2v) is 7.10. The fourth-order valence-electron chi connectivity index (χ4n) is 1.94. The molecular weight excluding hydrogens is 284 g/mol. The molecule has 0 aromatic heterocycles. The molecule has 19 heavy (non-hydrogen) atoms. The van der Waals surface area contributed by atoms with Crippen molar-refractivity contribution in [2.24, 2.45) is 0 Å². The first-order valence-corrected chi connectivity index (χ1v) is 8.82. The van der Waals surface area contributed by atoms with Crippen LogP contribution in [0.5, 0.6) is 0 Å². The van der Waals surface area contributed by atoms with Crippen LogP contribution in [-0.2, 0) is 4.79 Å². The van der Waals surface area contributed by atoms with Gasteiger partial charge in [0, 0.05) is 23.6 Å². The predicted octanol–water partition coefficient (Wildman–Crippen LogP) is 1.73. The summed E-state index contributed by atoms with van der Waals surface area (Å²) in [6.45, 7) is 4.78. The number of nitrogens with zero attached hydrogens (tertiary/aromatic N) is 1. The number of thioether (sulfide) groups is 2. The summed E-state index contributed by atoms with van der Waals surface area (Å²) in [4.78, 5) is 25.0. The van der Waals surface area contributed by atoms with Crippen LogP contribution in [0.25, 0.3) is 0 Å². The Balaban J connectivity index is 2.58. The van der Waals surface area contributed by atoms with Crippen molar-refractivity contribution in [3.63, 3.8) is 0 Å². The van der Waals surface area contributed by atoms with Crippen LogP contribution in [0, 0.1) is 0 Å². The molecule has 5 nitrogen and oxygen atoms in total. The Morgan fingerprint density at radius 2 is 2.21 bits per heavy atom. The lowest BCUT2D eigenvalue weighted by Crippen LogP contribution is -2.55. The molecule has 1 aliphatic heterocycles. The van der Waals surface area contributed by atoms with Crippen LogP contribution in [0.1, 0.15) is 20.3 Å². The Morgan fingerprint density at radius 3 is 2.79 bits per heavy atom. The number of urea groups is 1. The fraction of sp³-hybridized carbons (Fsp3) is 0.833. The molecule has 2 N–H and O–H groups in total. The lowest BCUT2D eigenvalue weighted by molar-refractivity contribution is -0.139. The Kier molecular flexibility index (Phi) is 6.85. The van der Waals surface area contributed by atoms with E-state index in [2.05, 4.69) is 12.2 Å². The van der Waals surface area contributed by atoms with Crippen LogP contribution >= 0.6 is 23.5 Å². The minimum Gasteiger partial charge on any atom is -0.480 e. The summed E-state index contributed by atoms with van der Waals surface area (Å²) < 4.78 is 0. The molecular formula is C12H22N2O3S2. The number of carbonyl (C=O) groups excluding carboxylic acids is 1. The topological polar surface area (TPSA) is 69.6 Å². The summed E-state index contributed by atoms with van der Waals surface area (Å²) >= 11 is 3.42. The summed E-state index contributed by atoms with van der Waals surface area (Å²) in [6.07, 6.45) is 2.38. The lowest BCUT2D eigenvalue weighted by Gasteiger charge is -2.37. The smallest absolute Gasteiger partial charge is 0.326 e. The summed E-state index contributed by atoms with van der Waals surface area (Å²) in [6, 6.07) is -0.918. The third kappa shape index (κ3) is 4.80. The normalized spacial score (nSPS) is 24.9. The van der Waals surface area contributed by atoms with E-state index in [1.807, 2.05) is 24.9 Å². The van der Waals surface area contributed by atoms with Gasteiger partial charge in [-0.3, -0.25) is 0 Å². The number of aliphatic carboxylic acids is 1. The molecule has 3 atom stereocenters. The number of rotatable bonds is 5. The summed E-state index contributed by atoms with van der Waals surface area (Å²) in [7, 11) is 0. The monoisotopic (exact) mass is 306 g/mol. The van der Waals surface area contributed by atoms with Crippen LogP contribution in [0.2, 0.25) is 0 Å². The van der Waals surface area contributed by atoms with Crippen LogP contribution < -0.4 is 5.32 Å². The maximum atomic E-state index is 12.2. The third-order valence-corrected chi connectivity index (χ3v) is 5.33. The van der Waals surface area contributed by atoms with Gasteiger partial charge in [0.25, 0.3) is 0 Å². The molecule has 1 rings (SSSR count). The van der Waals surface area contributed by atoms with Crippen molar-refractivity contribution in [3.05, 3.63) is 0 Å². The van der Waals surface area contributed by atoms with Crippen LogP contribution in [0.4, 0.5) is 4.79 Å². The quantitative estimate of drug-likeness (QED) is 0.809. The average Bonchev–Trinajstić information content (AvgIpc) is 2.37. The molecule has 0 saturated carbocycles. The molecule has 0 aromatic carbocycles. The van der Waals surface area contributed by atoms with Gasteiger partial charge in [-0.05, 0) is 25.4 Å². The van der Waals surface area contributed by atoms with E-state index in [0.717, 1.165) is 11.5 Å². The number of carbonyl (C=O) groups is 2. The molecule has 1 fully saturated rings. The van der Waals surface area contributed by atoms with Gasteiger partial charge >= 0.3 is 12.0 Å². The van der Waals surface area contributed by atoms with Gasteiger partial charge in [0.15, 0.2) is 0 Å². The number of carboxylic acid groups (broad SMARTS) is 1. The van der Waals surface area contributed by atoms with E-state index in [0.29, 0.717) is 18.2 Å². The van der Waals surface area contributed by atoms with Crippen molar-refractivity contribution < 1.29 is 14.7 Å². The summed E-state index contributed by atoms with van der Waals surface area (Å²) in [5, 5.41) is 12.1. The van der Waals surface area contributed by atoms with Crippen molar-refractivity contribution in [1.29, 1.82) is 0 Å². The first kappa shape index (κ1) is 16.5. The second kappa shape index (κ2) is 7.89. The zero-order chi connectivity index (χ0) is 14.4. The highest BCUT2D eigenvalue weighted by Crippen LogP contribution is 2.24. The predicted molar refractivity (Wildman–Crippen MR) is 81.0 cm³/mol. The molecule has 0 bridgehead atoms. The van der Waals surface area contributed by atoms with Gasteiger partial charge in [-0.15, -0.1) is 0 Å². The standard InChI is InChI=1S/C12H22N2O3S2/c1-8-9(2)19-7-5-14(8)12(17)13-10(11(15)16)4-6-18-3/h8-10H,4-7H2,1-3H3,(H,13,17)(H,15,16). The van der Waals surface area contributed by atoms with Crippen LogP contribution in [0.15, 0.2) is 0 Å². The molecule has 1 heterocycles. The number of hydrogen-bond donors (Lipinski definition) is 2. The summed E-state index contributed by atoms with van der Waals surface area (Å²) in [5.41, 5.74) is 0. The number of nitrogens with one attached hydrogen (secondary N) is 1. The Hall–Kier alpha value is -0.560. The van der Waals surface area contributed by atoms with Crippen molar-refractivity contribution in [1.82, 2.24) is 10.2 Å². The zero-order valence-electron chi connectivity index (χ0n) is 11.6. The van der Waals surface area contributed by atoms with E-state index in [4.69, 9.17) is 5.11 Å². The molecule has 3 unspecified atom stereocenters. The molecule has 1 saturated heterocycles. The minimum absolute atomic E-state index is 0.133. The third-order valence-electron chi connectivity index (χ3n) is 3.35. The molecule has 0 aliphatic carbocycles. The molecule has 2 amide bonds. The molecule has 0 radical (unpaired) electrons. The van der Waals surface area contributed by atoms with E-state index >= 15 is 0 Å². The largest absolute Gasteiger partial charge is 0.480 e. The average molecular weight is 306 g/mol. The van der Waals surface area contributed by atoms with Gasteiger partial charge in [0.1, 0.15) is 6.04 Å². The number of amides is 2. The highest BCUT2D eigenvalue weighted by Gasteiger charge is 2.31. The van der Waals surface area contributed by atoms with Gasteiger partial charge in [-0.2, -0.15) is 23.5 Å². The molecule has 0 aromatic rings. The van der Waals surface area contributed by atoms with Gasteiger partial charge in [0.2, 0.25) is 0 Å².